The quantitative estimate of drug-likeness (QED) is 0.690. The van der Waals surface area contributed by atoms with Gasteiger partial charge in [0.25, 0.3) is 0 Å². The third-order valence-electron chi connectivity index (χ3n) is 1.38. The number of nitrogens with zero attached hydrogens (tertiary/aromatic N) is 3. The number of carbonyl (C=O) groups is 1. The maximum Gasteiger partial charge on any atom is 0.416 e. The molecule has 1 fully saturated rings. The molecule has 0 N–H and O–H groups in total. The fourth-order valence-corrected chi connectivity index (χ4v) is 1.70. The molecule has 1 aromatic rings. The van der Waals surface area contributed by atoms with Crippen LogP contribution in [0.2, 0.25) is 5.28 Å². The summed E-state index contributed by atoms with van der Waals surface area (Å²) in [7, 11) is 0. The van der Waals surface area contributed by atoms with E-state index in [0.717, 1.165) is 11.5 Å². The van der Waals surface area contributed by atoms with E-state index in [1.165, 1.54) is 4.90 Å². The topological polar surface area (TPSA) is 55.3 Å². The van der Waals surface area contributed by atoms with Crippen LogP contribution in [0.1, 0.15) is 0 Å². The van der Waals surface area contributed by atoms with Gasteiger partial charge in [-0.2, -0.15) is 9.36 Å². The van der Waals surface area contributed by atoms with E-state index < -0.39 is 0 Å². The van der Waals surface area contributed by atoms with Crippen molar-refractivity contribution >= 4 is 34.4 Å². The standard InChI is InChI=1S/C5H4ClN3O2S/c6-3-7-4(12-8-3)9-1-2-11-5(9)10/h1-2H2. The molecule has 0 unspecified atom stereocenters. The third kappa shape index (κ3) is 1.23. The largest absolute Gasteiger partial charge is 0.447 e. The summed E-state index contributed by atoms with van der Waals surface area (Å²) in [5, 5.41) is 0.650. The summed E-state index contributed by atoms with van der Waals surface area (Å²) in [6.45, 7) is 0.917. The van der Waals surface area contributed by atoms with Crippen molar-refractivity contribution in [1.29, 1.82) is 0 Å². The van der Waals surface area contributed by atoms with Crippen molar-refractivity contribution in [3.05, 3.63) is 5.28 Å². The summed E-state index contributed by atoms with van der Waals surface area (Å²) in [6, 6.07) is 0. The molecule has 0 spiro atoms. The number of aromatic nitrogens is 2. The van der Waals surface area contributed by atoms with Gasteiger partial charge < -0.3 is 4.74 Å². The number of halogens is 1. The second-order valence-corrected chi connectivity index (χ2v) is 3.18. The molecule has 0 aromatic carbocycles. The van der Waals surface area contributed by atoms with Crippen LogP contribution in [0.15, 0.2) is 0 Å². The number of hydrogen-bond acceptors (Lipinski definition) is 5. The Morgan fingerprint density at radius 3 is 3.00 bits per heavy atom. The van der Waals surface area contributed by atoms with Crippen molar-refractivity contribution in [2.45, 2.75) is 0 Å². The van der Waals surface area contributed by atoms with Gasteiger partial charge in [-0.25, -0.2) is 9.69 Å². The van der Waals surface area contributed by atoms with Crippen molar-refractivity contribution in [3.8, 4) is 0 Å². The van der Waals surface area contributed by atoms with Gasteiger partial charge in [-0.1, -0.05) is 0 Å². The number of amides is 1. The Morgan fingerprint density at radius 2 is 2.50 bits per heavy atom. The molecule has 2 rings (SSSR count). The molecule has 0 aliphatic carbocycles. The Balaban J connectivity index is 2.24. The van der Waals surface area contributed by atoms with Crippen LogP contribution in [0, 0.1) is 0 Å². The minimum absolute atomic E-state index is 0.162. The first kappa shape index (κ1) is 7.75. The zero-order valence-electron chi connectivity index (χ0n) is 5.86. The Hall–Kier alpha value is -0.880. The highest BCUT2D eigenvalue weighted by Crippen LogP contribution is 2.22. The van der Waals surface area contributed by atoms with Crippen LogP contribution in [0.3, 0.4) is 0 Å². The number of anilines is 1. The summed E-state index contributed by atoms with van der Waals surface area (Å²) >= 11 is 6.58. The highest BCUT2D eigenvalue weighted by molar-refractivity contribution is 7.10. The molecular weight excluding hydrogens is 202 g/mol. The van der Waals surface area contributed by atoms with Crippen molar-refractivity contribution in [3.63, 3.8) is 0 Å². The van der Waals surface area contributed by atoms with Crippen LogP contribution in [0.25, 0.3) is 0 Å². The minimum Gasteiger partial charge on any atom is -0.447 e. The van der Waals surface area contributed by atoms with Gasteiger partial charge in [0, 0.05) is 11.5 Å². The van der Waals surface area contributed by atoms with Crippen molar-refractivity contribution in [2.75, 3.05) is 18.1 Å². The summed E-state index contributed by atoms with van der Waals surface area (Å²) in [4.78, 5) is 16.2. The van der Waals surface area contributed by atoms with Gasteiger partial charge in [0.2, 0.25) is 10.4 Å². The molecular formula is C5H4ClN3O2S. The van der Waals surface area contributed by atoms with E-state index >= 15 is 0 Å². The number of cyclic esters (lactones) is 1. The molecule has 0 saturated carbocycles. The lowest BCUT2D eigenvalue weighted by Gasteiger charge is -2.05. The van der Waals surface area contributed by atoms with Gasteiger partial charge >= 0.3 is 6.09 Å². The molecule has 2 heterocycles. The molecule has 1 aromatic heterocycles. The van der Waals surface area contributed by atoms with Gasteiger partial charge in [-0.3, -0.25) is 0 Å². The van der Waals surface area contributed by atoms with E-state index in [1.807, 2.05) is 0 Å². The average Bonchev–Trinajstić information content (AvgIpc) is 2.58. The predicted molar refractivity (Wildman–Crippen MR) is 43.6 cm³/mol. The van der Waals surface area contributed by atoms with Gasteiger partial charge in [0.05, 0.1) is 6.54 Å². The lowest BCUT2D eigenvalue weighted by Crippen LogP contribution is -2.22. The van der Waals surface area contributed by atoms with Crippen molar-refractivity contribution < 1.29 is 9.53 Å². The van der Waals surface area contributed by atoms with Gasteiger partial charge in [0.1, 0.15) is 6.61 Å². The molecule has 1 aliphatic heterocycles. The first-order chi connectivity index (χ1) is 5.77. The molecule has 7 heteroatoms. The monoisotopic (exact) mass is 205 g/mol. The molecule has 0 bridgehead atoms. The van der Waals surface area contributed by atoms with Crippen LogP contribution < -0.4 is 4.90 Å². The summed E-state index contributed by atoms with van der Waals surface area (Å²) in [6.07, 6.45) is -0.386. The second kappa shape index (κ2) is 2.87. The average molecular weight is 206 g/mol. The molecule has 12 heavy (non-hydrogen) atoms. The van der Waals surface area contributed by atoms with E-state index in [1.54, 1.807) is 0 Å². The van der Waals surface area contributed by atoms with E-state index in [4.69, 9.17) is 16.3 Å². The molecule has 1 amide bonds. The Labute approximate surface area is 77.1 Å². The highest BCUT2D eigenvalue weighted by atomic mass is 35.5. The molecule has 0 radical (unpaired) electrons. The third-order valence-corrected chi connectivity index (χ3v) is 2.39. The number of ether oxygens (including phenoxy) is 1. The maximum absolute atomic E-state index is 11.0. The van der Waals surface area contributed by atoms with E-state index in [0.29, 0.717) is 18.3 Å². The Bertz CT molecular complexity index is 315. The molecule has 5 nitrogen and oxygen atoms in total. The van der Waals surface area contributed by atoms with Crippen LogP contribution in [-0.2, 0) is 4.74 Å². The van der Waals surface area contributed by atoms with Crippen molar-refractivity contribution in [2.24, 2.45) is 0 Å². The smallest absolute Gasteiger partial charge is 0.416 e. The Morgan fingerprint density at radius 1 is 1.67 bits per heavy atom. The minimum atomic E-state index is -0.386. The highest BCUT2D eigenvalue weighted by Gasteiger charge is 2.26. The fourth-order valence-electron chi connectivity index (χ4n) is 0.875. The van der Waals surface area contributed by atoms with E-state index in [2.05, 4.69) is 9.36 Å². The fraction of sp³-hybridized carbons (Fsp3) is 0.400. The molecule has 64 valence electrons. The lowest BCUT2D eigenvalue weighted by atomic mass is 10.7. The summed E-state index contributed by atoms with van der Waals surface area (Å²) < 4.78 is 8.45. The zero-order valence-corrected chi connectivity index (χ0v) is 7.43. The SMILES string of the molecule is O=C1OCCN1c1nc(Cl)ns1. The lowest BCUT2D eigenvalue weighted by molar-refractivity contribution is 0.181. The van der Waals surface area contributed by atoms with E-state index in [-0.39, 0.29) is 11.4 Å². The Kier molecular flexibility index (Phi) is 1.86. The van der Waals surface area contributed by atoms with Gasteiger partial charge in [-0.15, -0.1) is 0 Å². The van der Waals surface area contributed by atoms with Crippen LogP contribution in [0.4, 0.5) is 9.93 Å². The molecule has 1 saturated heterocycles. The van der Waals surface area contributed by atoms with Crippen LogP contribution in [-0.4, -0.2) is 28.6 Å². The normalized spacial score (nSPS) is 16.8. The predicted octanol–water partition coefficient (Wildman–Crippen LogP) is 1.15. The summed E-state index contributed by atoms with van der Waals surface area (Å²) in [5.74, 6) is 0. The number of carbonyl (C=O) groups excluding carboxylic acids is 1. The maximum atomic E-state index is 11.0. The second-order valence-electron chi connectivity index (χ2n) is 2.11. The van der Waals surface area contributed by atoms with Crippen molar-refractivity contribution in [1.82, 2.24) is 9.36 Å². The van der Waals surface area contributed by atoms with Crippen LogP contribution in [0.5, 0.6) is 0 Å². The summed E-state index contributed by atoms with van der Waals surface area (Å²) in [5.41, 5.74) is 0. The first-order valence-corrected chi connectivity index (χ1v) is 4.36. The zero-order chi connectivity index (χ0) is 8.55. The van der Waals surface area contributed by atoms with Gasteiger partial charge in [-0.05, 0) is 11.6 Å². The number of hydrogen-bond donors (Lipinski definition) is 0. The number of rotatable bonds is 1. The van der Waals surface area contributed by atoms with Crippen LogP contribution >= 0.6 is 23.1 Å². The first-order valence-electron chi connectivity index (χ1n) is 3.21. The van der Waals surface area contributed by atoms with Gasteiger partial charge in [0.15, 0.2) is 0 Å². The molecule has 1 aliphatic rings. The van der Waals surface area contributed by atoms with E-state index in [9.17, 15) is 4.79 Å². The molecule has 0 atom stereocenters.